The van der Waals surface area contributed by atoms with Crippen molar-refractivity contribution in [1.82, 2.24) is 4.98 Å². The average molecular weight is 380 g/mol. The van der Waals surface area contributed by atoms with Crippen molar-refractivity contribution >= 4 is 11.7 Å². The van der Waals surface area contributed by atoms with Crippen LogP contribution in [0.3, 0.4) is 0 Å². The highest BCUT2D eigenvalue weighted by Gasteiger charge is 2.24. The van der Waals surface area contributed by atoms with Crippen LogP contribution in [-0.2, 0) is 11.2 Å². The van der Waals surface area contributed by atoms with Gasteiger partial charge in [-0.05, 0) is 68.7 Å². The summed E-state index contributed by atoms with van der Waals surface area (Å²) in [6, 6.07) is 12.8. The summed E-state index contributed by atoms with van der Waals surface area (Å²) >= 11 is 0. The second kappa shape index (κ2) is 8.21. The number of hydrogen-bond donors (Lipinski definition) is 1. The number of carbonyl (C=O) groups is 1. The van der Waals surface area contributed by atoms with E-state index in [1.807, 2.05) is 18.2 Å². The summed E-state index contributed by atoms with van der Waals surface area (Å²) < 4.78 is 6.06. The van der Waals surface area contributed by atoms with Crippen molar-refractivity contribution in [1.29, 1.82) is 0 Å². The first-order chi connectivity index (χ1) is 13.6. The molecule has 2 heterocycles. The summed E-state index contributed by atoms with van der Waals surface area (Å²) in [7, 11) is 2.07. The van der Waals surface area contributed by atoms with Gasteiger partial charge in [-0.15, -0.1) is 0 Å². The Labute approximate surface area is 166 Å². The Morgan fingerprint density at radius 2 is 2.04 bits per heavy atom. The normalized spacial score (nSPS) is 19.5. The molecule has 1 aromatic heterocycles. The van der Waals surface area contributed by atoms with Crippen molar-refractivity contribution in [2.45, 2.75) is 63.5 Å². The first-order valence-electron chi connectivity index (χ1n) is 10.3. The van der Waals surface area contributed by atoms with Crippen LogP contribution in [0.4, 0.5) is 5.69 Å². The third-order valence-corrected chi connectivity index (χ3v) is 6.05. The van der Waals surface area contributed by atoms with Crippen molar-refractivity contribution in [2.75, 3.05) is 11.9 Å². The Kier molecular flexibility index (Phi) is 5.51. The summed E-state index contributed by atoms with van der Waals surface area (Å²) in [6.45, 7) is 0. The molecule has 0 saturated heterocycles. The van der Waals surface area contributed by atoms with Gasteiger partial charge in [-0.3, -0.25) is 4.79 Å². The topological polar surface area (TPSA) is 62.7 Å². The monoisotopic (exact) mass is 380 g/mol. The minimum absolute atomic E-state index is 0.222. The first kappa shape index (κ1) is 18.8. The van der Waals surface area contributed by atoms with Gasteiger partial charge in [-0.25, -0.2) is 4.98 Å². The SMILES string of the molecule is CN1c2ccc(-c3cccc(OC4CCCC4)n3)cc2CCC1CCC(=O)O. The lowest BCUT2D eigenvalue weighted by atomic mass is 9.92. The van der Waals surface area contributed by atoms with E-state index in [1.165, 1.54) is 24.1 Å². The number of aromatic nitrogens is 1. The number of aliphatic carboxylic acids is 1. The average Bonchev–Trinajstić information content (AvgIpc) is 3.20. The van der Waals surface area contributed by atoms with Crippen molar-refractivity contribution in [3.8, 4) is 17.1 Å². The third kappa shape index (κ3) is 4.13. The number of fused-ring (bicyclic) bond motifs is 1. The minimum atomic E-state index is -0.722. The zero-order valence-electron chi connectivity index (χ0n) is 16.4. The van der Waals surface area contributed by atoms with Crippen LogP contribution in [0.1, 0.15) is 50.5 Å². The fourth-order valence-corrected chi connectivity index (χ4v) is 4.45. The zero-order valence-corrected chi connectivity index (χ0v) is 16.4. The molecule has 1 aliphatic heterocycles. The molecule has 1 aromatic carbocycles. The van der Waals surface area contributed by atoms with Gasteiger partial charge in [0.15, 0.2) is 0 Å². The number of pyridine rings is 1. The molecule has 0 bridgehead atoms. The molecule has 1 saturated carbocycles. The highest BCUT2D eigenvalue weighted by atomic mass is 16.5. The van der Waals surface area contributed by atoms with E-state index >= 15 is 0 Å². The molecule has 2 aromatic rings. The number of anilines is 1. The Morgan fingerprint density at radius 1 is 1.21 bits per heavy atom. The molecule has 0 radical (unpaired) electrons. The Morgan fingerprint density at radius 3 is 2.82 bits per heavy atom. The highest BCUT2D eigenvalue weighted by molar-refractivity contribution is 5.69. The van der Waals surface area contributed by atoms with Gasteiger partial charge in [0.05, 0.1) is 5.69 Å². The van der Waals surface area contributed by atoms with Crippen LogP contribution in [0.5, 0.6) is 5.88 Å². The Balaban J connectivity index is 1.51. The van der Waals surface area contributed by atoms with Crippen LogP contribution in [0.25, 0.3) is 11.3 Å². The number of carboxylic acids is 1. The largest absolute Gasteiger partial charge is 0.481 e. The summed E-state index contributed by atoms with van der Waals surface area (Å²) in [5.74, 6) is -0.00621. The molecule has 1 N–H and O–H groups in total. The molecule has 1 aliphatic carbocycles. The molecule has 0 amide bonds. The lowest BCUT2D eigenvalue weighted by Gasteiger charge is -2.36. The number of aryl methyl sites for hydroxylation is 1. The van der Waals surface area contributed by atoms with Crippen LogP contribution in [0.2, 0.25) is 0 Å². The summed E-state index contributed by atoms with van der Waals surface area (Å²) in [6.07, 6.45) is 7.92. The number of hydrogen-bond acceptors (Lipinski definition) is 4. The molecule has 5 nitrogen and oxygen atoms in total. The summed E-state index contributed by atoms with van der Waals surface area (Å²) in [4.78, 5) is 17.9. The molecular weight excluding hydrogens is 352 g/mol. The van der Waals surface area contributed by atoms with Gasteiger partial charge < -0.3 is 14.7 Å². The summed E-state index contributed by atoms with van der Waals surface area (Å²) in [5, 5.41) is 8.96. The molecule has 148 valence electrons. The van der Waals surface area contributed by atoms with Crippen LogP contribution in [-0.4, -0.2) is 35.3 Å². The fraction of sp³-hybridized carbons (Fsp3) is 0.478. The van der Waals surface area contributed by atoms with E-state index in [0.717, 1.165) is 36.9 Å². The first-order valence-corrected chi connectivity index (χ1v) is 10.3. The predicted octanol–water partition coefficient (Wildman–Crippen LogP) is 4.69. The second-order valence-electron chi connectivity index (χ2n) is 7.96. The van der Waals surface area contributed by atoms with Crippen LogP contribution in [0, 0.1) is 0 Å². The predicted molar refractivity (Wildman–Crippen MR) is 110 cm³/mol. The van der Waals surface area contributed by atoms with E-state index < -0.39 is 5.97 Å². The van der Waals surface area contributed by atoms with Crippen molar-refractivity contribution in [2.24, 2.45) is 0 Å². The maximum atomic E-state index is 10.9. The van der Waals surface area contributed by atoms with E-state index in [-0.39, 0.29) is 12.5 Å². The highest BCUT2D eigenvalue weighted by Crippen LogP contribution is 2.34. The minimum Gasteiger partial charge on any atom is -0.481 e. The zero-order chi connectivity index (χ0) is 19.5. The molecule has 1 unspecified atom stereocenters. The third-order valence-electron chi connectivity index (χ3n) is 6.05. The van der Waals surface area contributed by atoms with Crippen molar-refractivity contribution in [3.63, 3.8) is 0 Å². The van der Waals surface area contributed by atoms with Crippen LogP contribution < -0.4 is 9.64 Å². The Hall–Kier alpha value is -2.56. The molecule has 1 fully saturated rings. The molecule has 28 heavy (non-hydrogen) atoms. The lowest BCUT2D eigenvalue weighted by molar-refractivity contribution is -0.137. The van der Waals surface area contributed by atoms with Gasteiger partial charge >= 0.3 is 5.97 Å². The van der Waals surface area contributed by atoms with Gasteiger partial charge in [0.1, 0.15) is 6.10 Å². The van der Waals surface area contributed by atoms with E-state index in [4.69, 9.17) is 14.8 Å². The van der Waals surface area contributed by atoms with E-state index in [2.05, 4.69) is 30.1 Å². The Bertz CT molecular complexity index is 845. The number of carboxylic acid groups (broad SMARTS) is 1. The smallest absolute Gasteiger partial charge is 0.303 e. The van der Waals surface area contributed by atoms with E-state index in [0.29, 0.717) is 18.4 Å². The number of ether oxygens (including phenoxy) is 1. The number of benzene rings is 1. The number of rotatable bonds is 6. The maximum Gasteiger partial charge on any atom is 0.303 e. The molecule has 2 aliphatic rings. The van der Waals surface area contributed by atoms with Gasteiger partial charge in [0.25, 0.3) is 0 Å². The van der Waals surface area contributed by atoms with Gasteiger partial charge in [-0.2, -0.15) is 0 Å². The molecule has 1 atom stereocenters. The standard InChI is InChI=1S/C23H28N2O3/c1-25-18(12-14-23(26)27)11-9-17-15-16(10-13-21(17)25)20-7-4-8-22(24-20)28-19-5-2-3-6-19/h4,7-8,10,13,15,18-19H,2-3,5-6,9,11-12,14H2,1H3,(H,26,27). The van der Waals surface area contributed by atoms with Gasteiger partial charge in [0, 0.05) is 36.8 Å². The van der Waals surface area contributed by atoms with E-state index in [1.54, 1.807) is 0 Å². The van der Waals surface area contributed by atoms with Crippen LogP contribution >= 0.6 is 0 Å². The fourth-order valence-electron chi connectivity index (χ4n) is 4.45. The maximum absolute atomic E-state index is 10.9. The summed E-state index contributed by atoms with van der Waals surface area (Å²) in [5.41, 5.74) is 4.54. The quantitative estimate of drug-likeness (QED) is 0.788. The van der Waals surface area contributed by atoms with Gasteiger partial charge in [0.2, 0.25) is 5.88 Å². The molecular formula is C23H28N2O3. The molecule has 4 rings (SSSR count). The molecule has 0 spiro atoms. The molecule has 5 heteroatoms. The van der Waals surface area contributed by atoms with E-state index in [9.17, 15) is 4.79 Å². The lowest BCUT2D eigenvalue weighted by Crippen LogP contribution is -2.36. The van der Waals surface area contributed by atoms with Crippen LogP contribution in [0.15, 0.2) is 36.4 Å². The van der Waals surface area contributed by atoms with Crippen molar-refractivity contribution in [3.05, 3.63) is 42.0 Å². The number of nitrogens with zero attached hydrogens (tertiary/aromatic N) is 2. The second-order valence-corrected chi connectivity index (χ2v) is 7.96. The van der Waals surface area contributed by atoms with Crippen molar-refractivity contribution < 1.29 is 14.6 Å². The van der Waals surface area contributed by atoms with Gasteiger partial charge in [-0.1, -0.05) is 12.1 Å².